The molecule has 0 saturated carbocycles. The molecule has 11 heteroatoms. The average molecular weight is 554 g/mol. The summed E-state index contributed by atoms with van der Waals surface area (Å²) in [6.45, 7) is 15.3. The van der Waals surface area contributed by atoms with Crippen LogP contribution in [0.4, 0.5) is 9.59 Å². The van der Waals surface area contributed by atoms with Gasteiger partial charge in [-0.2, -0.15) is 0 Å². The van der Waals surface area contributed by atoms with Crippen molar-refractivity contribution in [2.75, 3.05) is 6.61 Å². The van der Waals surface area contributed by atoms with Crippen molar-refractivity contribution < 1.29 is 47.6 Å². The van der Waals surface area contributed by atoms with Crippen molar-refractivity contribution in [3.8, 4) is 11.5 Å². The second-order valence-electron chi connectivity index (χ2n) is 11.3. The van der Waals surface area contributed by atoms with E-state index in [0.29, 0.717) is 12.0 Å². The van der Waals surface area contributed by atoms with Crippen molar-refractivity contribution in [3.05, 3.63) is 23.8 Å². The van der Waals surface area contributed by atoms with Crippen molar-refractivity contribution in [1.82, 2.24) is 0 Å². The van der Waals surface area contributed by atoms with Crippen LogP contribution in [0.1, 0.15) is 80.7 Å². The second kappa shape index (κ2) is 14.7. The molecule has 2 N–H and O–H groups in total. The Morgan fingerprint density at radius 3 is 1.90 bits per heavy atom. The minimum atomic E-state index is -1.07. The summed E-state index contributed by atoms with van der Waals surface area (Å²) in [6, 6.07) is 3.26. The van der Waals surface area contributed by atoms with Crippen molar-refractivity contribution in [3.63, 3.8) is 0 Å². The molecule has 1 aromatic rings. The maximum atomic E-state index is 12.5. The van der Waals surface area contributed by atoms with Crippen LogP contribution in [0.15, 0.2) is 18.2 Å². The average Bonchev–Trinajstić information content (AvgIpc) is 2.76. The maximum absolute atomic E-state index is 12.5. The topological polar surface area (TPSA) is 150 Å². The van der Waals surface area contributed by atoms with Gasteiger partial charge in [-0.3, -0.25) is 9.59 Å². The van der Waals surface area contributed by atoms with E-state index in [4.69, 9.17) is 34.2 Å². The fourth-order valence-corrected chi connectivity index (χ4v) is 3.11. The van der Waals surface area contributed by atoms with E-state index in [1.54, 1.807) is 61.5 Å². The third kappa shape index (κ3) is 13.9. The molecule has 1 aromatic carbocycles. The van der Waals surface area contributed by atoms with Gasteiger partial charge in [0.25, 0.3) is 0 Å². The van der Waals surface area contributed by atoms with E-state index >= 15 is 0 Å². The summed E-state index contributed by atoms with van der Waals surface area (Å²) in [5.74, 6) is -1.52. The van der Waals surface area contributed by atoms with Gasteiger partial charge < -0.3 is 34.2 Å². The first-order valence-corrected chi connectivity index (χ1v) is 13.0. The molecule has 0 aliphatic carbocycles. The van der Waals surface area contributed by atoms with E-state index in [1.807, 2.05) is 6.92 Å². The second-order valence-corrected chi connectivity index (χ2v) is 11.3. The summed E-state index contributed by atoms with van der Waals surface area (Å²) in [4.78, 5) is 49.0. The lowest BCUT2D eigenvalue weighted by Gasteiger charge is -2.21. The Balaban J connectivity index is 2.92. The zero-order valence-corrected chi connectivity index (χ0v) is 24.5. The van der Waals surface area contributed by atoms with Crippen LogP contribution < -0.4 is 15.2 Å². The molecule has 0 bridgehead atoms. The highest BCUT2D eigenvalue weighted by Crippen LogP contribution is 2.31. The lowest BCUT2D eigenvalue weighted by molar-refractivity contribution is -0.161. The Kier molecular flexibility index (Phi) is 12.7. The quantitative estimate of drug-likeness (QED) is 0.222. The first-order chi connectivity index (χ1) is 17.9. The molecular formula is C28H43NO10. The number of ether oxygens (including phenoxy) is 6. The van der Waals surface area contributed by atoms with Gasteiger partial charge in [0, 0.05) is 0 Å². The summed E-state index contributed by atoms with van der Waals surface area (Å²) in [6.07, 6.45) is -1.14. The number of benzene rings is 1. The van der Waals surface area contributed by atoms with Crippen molar-refractivity contribution in [1.29, 1.82) is 0 Å². The highest BCUT2D eigenvalue weighted by atomic mass is 16.8. The predicted molar refractivity (Wildman–Crippen MR) is 142 cm³/mol. The number of esters is 2. The maximum Gasteiger partial charge on any atom is 0.514 e. The van der Waals surface area contributed by atoms with Gasteiger partial charge in [-0.25, -0.2) is 9.59 Å². The highest BCUT2D eigenvalue weighted by molar-refractivity contribution is 5.76. The normalized spacial score (nSPS) is 13.9. The Morgan fingerprint density at radius 1 is 0.846 bits per heavy atom. The molecular weight excluding hydrogens is 510 g/mol. The Morgan fingerprint density at radius 2 is 1.38 bits per heavy atom. The fraction of sp³-hybridized carbons (Fsp3) is 0.643. The number of carbonyl (C=O) groups excluding carboxylic acids is 4. The molecule has 0 fully saturated rings. The van der Waals surface area contributed by atoms with Crippen LogP contribution in [-0.2, 0) is 35.0 Å². The largest absolute Gasteiger partial charge is 0.514 e. The molecule has 1 rings (SSSR count). The number of hydrogen-bond donors (Lipinski definition) is 1. The highest BCUT2D eigenvalue weighted by Gasteiger charge is 2.25. The molecule has 0 saturated heterocycles. The van der Waals surface area contributed by atoms with Crippen molar-refractivity contribution in [2.45, 2.75) is 105 Å². The molecule has 0 aliphatic heterocycles. The zero-order valence-electron chi connectivity index (χ0n) is 24.5. The van der Waals surface area contributed by atoms with Gasteiger partial charge in [0.05, 0.1) is 5.92 Å². The minimum absolute atomic E-state index is 0.0102. The molecule has 3 atom stereocenters. The van der Waals surface area contributed by atoms with Gasteiger partial charge in [0.2, 0.25) is 0 Å². The molecule has 0 radical (unpaired) electrons. The number of rotatable bonds is 11. The summed E-state index contributed by atoms with van der Waals surface area (Å²) in [5.41, 5.74) is 4.90. The molecule has 39 heavy (non-hydrogen) atoms. The van der Waals surface area contributed by atoms with Crippen LogP contribution in [0.25, 0.3) is 0 Å². The molecule has 0 heterocycles. The summed E-state index contributed by atoms with van der Waals surface area (Å²) < 4.78 is 31.4. The van der Waals surface area contributed by atoms with Gasteiger partial charge in [-0.05, 0) is 79.0 Å². The molecule has 11 nitrogen and oxygen atoms in total. The Labute approximate surface area is 230 Å². The van der Waals surface area contributed by atoms with E-state index in [0.717, 1.165) is 6.42 Å². The molecule has 0 spiro atoms. The van der Waals surface area contributed by atoms with Gasteiger partial charge in [-0.15, -0.1) is 0 Å². The monoisotopic (exact) mass is 553 g/mol. The fourth-order valence-electron chi connectivity index (χ4n) is 3.11. The molecule has 0 aromatic heterocycles. The van der Waals surface area contributed by atoms with Gasteiger partial charge in [0.15, 0.2) is 11.5 Å². The standard InChI is InChI=1S/C28H43NO10/c1-10-11-17(2)23(30)34-16-18(3)35-24(31)20(29)14-19-12-13-21(36-25(32)38-27(4,5)6)22(15-19)37-26(33)39-28(7,8)9/h12-13,15,17-18,20H,10-11,14,16,29H2,1-9H3/t17?,18-,20-/m0/s1. The van der Waals surface area contributed by atoms with Crippen molar-refractivity contribution >= 4 is 24.2 Å². The van der Waals surface area contributed by atoms with E-state index in [2.05, 4.69) is 0 Å². The van der Waals surface area contributed by atoms with Crippen LogP contribution in [0.5, 0.6) is 11.5 Å². The minimum Gasteiger partial charge on any atom is -0.462 e. The number of hydrogen-bond acceptors (Lipinski definition) is 11. The number of carbonyl (C=O) groups is 4. The van der Waals surface area contributed by atoms with Crippen molar-refractivity contribution in [2.24, 2.45) is 11.7 Å². The summed E-state index contributed by atoms with van der Waals surface area (Å²) >= 11 is 0. The van der Waals surface area contributed by atoms with Crippen LogP contribution in [0.3, 0.4) is 0 Å². The van der Waals surface area contributed by atoms with E-state index in [9.17, 15) is 19.2 Å². The van der Waals surface area contributed by atoms with E-state index in [-0.39, 0.29) is 36.4 Å². The summed E-state index contributed by atoms with van der Waals surface area (Å²) in [5, 5.41) is 0. The van der Waals surface area contributed by atoms with Crippen LogP contribution >= 0.6 is 0 Å². The first-order valence-electron chi connectivity index (χ1n) is 13.0. The van der Waals surface area contributed by atoms with E-state index < -0.39 is 41.6 Å². The molecule has 0 aliphatic rings. The lowest BCUT2D eigenvalue weighted by atomic mass is 10.1. The van der Waals surface area contributed by atoms with Gasteiger partial charge in [0.1, 0.15) is 30.0 Å². The Hall–Kier alpha value is -3.34. The van der Waals surface area contributed by atoms with Crippen LogP contribution in [0, 0.1) is 5.92 Å². The third-order valence-corrected chi connectivity index (χ3v) is 4.83. The Bertz CT molecular complexity index is 993. The third-order valence-electron chi connectivity index (χ3n) is 4.83. The molecule has 0 amide bonds. The van der Waals surface area contributed by atoms with E-state index in [1.165, 1.54) is 12.1 Å². The zero-order chi connectivity index (χ0) is 30.0. The smallest absolute Gasteiger partial charge is 0.462 e. The first kappa shape index (κ1) is 33.7. The van der Waals surface area contributed by atoms with Gasteiger partial charge in [-0.1, -0.05) is 26.3 Å². The lowest BCUT2D eigenvalue weighted by Crippen LogP contribution is -2.37. The van der Waals surface area contributed by atoms with Crippen LogP contribution in [0.2, 0.25) is 0 Å². The number of nitrogens with two attached hydrogens (primary N) is 1. The molecule has 220 valence electrons. The van der Waals surface area contributed by atoms with Gasteiger partial charge >= 0.3 is 24.2 Å². The summed E-state index contributed by atoms with van der Waals surface area (Å²) in [7, 11) is 0. The van der Waals surface area contributed by atoms with Crippen LogP contribution in [-0.4, -0.2) is 54.2 Å². The molecule has 1 unspecified atom stereocenters. The predicted octanol–water partition coefficient (Wildman–Crippen LogP) is 5.10. The SMILES string of the molecule is CCCC(C)C(=O)OC[C@H](C)OC(=O)[C@@H](N)Cc1ccc(OC(=O)OC(C)(C)C)c(OC(=O)OC(C)(C)C)c1.